The van der Waals surface area contributed by atoms with Crippen LogP contribution in [0, 0.1) is 11.3 Å². The van der Waals surface area contributed by atoms with Crippen molar-refractivity contribution in [3.8, 4) is 6.07 Å². The molecule has 0 bridgehead atoms. The third-order valence-corrected chi connectivity index (χ3v) is 3.96. The third kappa shape index (κ3) is 3.26. The van der Waals surface area contributed by atoms with E-state index in [-0.39, 0.29) is 23.5 Å². The predicted octanol–water partition coefficient (Wildman–Crippen LogP) is 1.84. The van der Waals surface area contributed by atoms with Gasteiger partial charge in [-0.25, -0.2) is 0 Å². The highest BCUT2D eigenvalue weighted by molar-refractivity contribution is 6.62. The fourth-order valence-electron chi connectivity index (χ4n) is 1.98. The van der Waals surface area contributed by atoms with Crippen LogP contribution in [-0.4, -0.2) is 24.2 Å². The van der Waals surface area contributed by atoms with Gasteiger partial charge in [0.1, 0.15) is 6.42 Å². The lowest BCUT2D eigenvalue weighted by molar-refractivity contribution is -0.115. The average Bonchev–Trinajstić information content (AvgIpc) is 2.59. The highest BCUT2D eigenvalue weighted by atomic mass is 16.7. The molecule has 5 nitrogen and oxygen atoms in total. The van der Waals surface area contributed by atoms with Gasteiger partial charge in [-0.2, -0.15) is 5.26 Å². The summed E-state index contributed by atoms with van der Waals surface area (Å²) >= 11 is 0. The topological polar surface area (TPSA) is 71.3 Å². The fraction of sp³-hybridized carbons (Fsp3) is 0.467. The molecule has 1 N–H and O–H groups in total. The van der Waals surface area contributed by atoms with Crippen molar-refractivity contribution in [1.29, 1.82) is 5.26 Å². The summed E-state index contributed by atoms with van der Waals surface area (Å²) in [5.74, 6) is -0.319. The second-order valence-electron chi connectivity index (χ2n) is 6.09. The van der Waals surface area contributed by atoms with Gasteiger partial charge in [-0.05, 0) is 45.3 Å². The number of carbonyl (C=O) groups excluding carboxylic acids is 1. The Kier molecular flexibility index (Phi) is 4.08. The van der Waals surface area contributed by atoms with Crippen molar-refractivity contribution in [3.63, 3.8) is 0 Å². The van der Waals surface area contributed by atoms with E-state index in [0.717, 1.165) is 5.46 Å². The van der Waals surface area contributed by atoms with Crippen LogP contribution < -0.4 is 10.8 Å². The first-order chi connectivity index (χ1) is 9.75. The quantitative estimate of drug-likeness (QED) is 0.861. The van der Waals surface area contributed by atoms with Crippen LogP contribution in [0.5, 0.6) is 0 Å². The number of anilines is 1. The Morgan fingerprint density at radius 1 is 1.19 bits per heavy atom. The monoisotopic (exact) mass is 286 g/mol. The summed E-state index contributed by atoms with van der Waals surface area (Å²) in [7, 11) is -0.418. The molecule has 1 aliphatic rings. The van der Waals surface area contributed by atoms with Gasteiger partial charge in [-0.1, -0.05) is 12.1 Å². The molecule has 0 spiro atoms. The second-order valence-corrected chi connectivity index (χ2v) is 6.09. The minimum absolute atomic E-state index is 0.154. The SMILES string of the molecule is CC1(C)OB(c2ccc(NC(=O)CC#N)cc2)OC1(C)C. The van der Waals surface area contributed by atoms with Gasteiger partial charge in [-0.15, -0.1) is 0 Å². The molecule has 1 fully saturated rings. The Balaban J connectivity index is 2.07. The number of rotatable bonds is 3. The molecule has 1 heterocycles. The van der Waals surface area contributed by atoms with Crippen molar-refractivity contribution in [2.24, 2.45) is 0 Å². The van der Waals surface area contributed by atoms with Gasteiger partial charge in [0, 0.05) is 5.69 Å². The summed E-state index contributed by atoms with van der Waals surface area (Å²) in [4.78, 5) is 11.3. The van der Waals surface area contributed by atoms with Gasteiger partial charge in [0.05, 0.1) is 17.3 Å². The molecule has 110 valence electrons. The van der Waals surface area contributed by atoms with Crippen molar-refractivity contribution < 1.29 is 14.1 Å². The summed E-state index contributed by atoms with van der Waals surface area (Å²) < 4.78 is 11.9. The lowest BCUT2D eigenvalue weighted by atomic mass is 9.79. The third-order valence-electron chi connectivity index (χ3n) is 3.96. The first kappa shape index (κ1) is 15.6. The van der Waals surface area contributed by atoms with E-state index in [9.17, 15) is 4.79 Å². The Labute approximate surface area is 125 Å². The molecule has 6 heteroatoms. The summed E-state index contributed by atoms with van der Waals surface area (Å²) in [5.41, 5.74) is 0.789. The smallest absolute Gasteiger partial charge is 0.399 e. The lowest BCUT2D eigenvalue weighted by Crippen LogP contribution is -2.41. The lowest BCUT2D eigenvalue weighted by Gasteiger charge is -2.32. The molecule has 0 aromatic heterocycles. The van der Waals surface area contributed by atoms with Crippen LogP contribution in [0.1, 0.15) is 34.1 Å². The zero-order valence-electron chi connectivity index (χ0n) is 12.8. The maximum absolute atomic E-state index is 11.3. The number of carbonyl (C=O) groups is 1. The zero-order chi connectivity index (χ0) is 15.7. The second kappa shape index (κ2) is 5.51. The van der Waals surface area contributed by atoms with Crippen molar-refractivity contribution >= 4 is 24.2 Å². The fourth-order valence-corrected chi connectivity index (χ4v) is 1.98. The van der Waals surface area contributed by atoms with Crippen molar-refractivity contribution in [1.82, 2.24) is 0 Å². The van der Waals surface area contributed by atoms with E-state index in [1.54, 1.807) is 12.1 Å². The number of nitrogens with one attached hydrogen (secondary N) is 1. The molecule has 1 amide bonds. The first-order valence-electron chi connectivity index (χ1n) is 6.87. The van der Waals surface area contributed by atoms with Gasteiger partial charge in [0.2, 0.25) is 5.91 Å². The van der Waals surface area contributed by atoms with Gasteiger partial charge < -0.3 is 14.6 Å². The Hall–Kier alpha value is -1.84. The van der Waals surface area contributed by atoms with Gasteiger partial charge in [-0.3, -0.25) is 4.79 Å². The van der Waals surface area contributed by atoms with Gasteiger partial charge in [0.15, 0.2) is 0 Å². The molecular weight excluding hydrogens is 267 g/mol. The number of hydrogen-bond donors (Lipinski definition) is 1. The Morgan fingerprint density at radius 3 is 2.19 bits per heavy atom. The number of hydrogen-bond acceptors (Lipinski definition) is 4. The molecule has 2 rings (SSSR count). The largest absolute Gasteiger partial charge is 0.494 e. The molecule has 0 radical (unpaired) electrons. The van der Waals surface area contributed by atoms with Gasteiger partial charge in [0.25, 0.3) is 0 Å². The van der Waals surface area contributed by atoms with E-state index in [1.807, 2.05) is 45.9 Å². The zero-order valence-corrected chi connectivity index (χ0v) is 12.8. The van der Waals surface area contributed by atoms with E-state index in [0.29, 0.717) is 5.69 Å². The normalized spacial score (nSPS) is 19.1. The average molecular weight is 286 g/mol. The van der Waals surface area contributed by atoms with E-state index in [2.05, 4.69) is 5.32 Å². The van der Waals surface area contributed by atoms with Crippen LogP contribution in [0.15, 0.2) is 24.3 Å². The molecule has 0 saturated carbocycles. The van der Waals surface area contributed by atoms with Crippen molar-refractivity contribution in [2.45, 2.75) is 45.3 Å². The van der Waals surface area contributed by atoms with Crippen LogP contribution in [0.4, 0.5) is 5.69 Å². The summed E-state index contributed by atoms with van der Waals surface area (Å²) in [6.07, 6.45) is -0.154. The van der Waals surface area contributed by atoms with Crippen LogP contribution >= 0.6 is 0 Å². The van der Waals surface area contributed by atoms with E-state index in [1.165, 1.54) is 0 Å². The van der Waals surface area contributed by atoms with Crippen LogP contribution in [-0.2, 0) is 14.1 Å². The minimum atomic E-state index is -0.418. The van der Waals surface area contributed by atoms with Crippen LogP contribution in [0.3, 0.4) is 0 Å². The minimum Gasteiger partial charge on any atom is -0.399 e. The highest BCUT2D eigenvalue weighted by Gasteiger charge is 2.51. The molecule has 1 aliphatic heterocycles. The molecular formula is C15H19BN2O3. The Morgan fingerprint density at radius 2 is 1.71 bits per heavy atom. The van der Waals surface area contributed by atoms with Crippen molar-refractivity contribution in [2.75, 3.05) is 5.32 Å². The highest BCUT2D eigenvalue weighted by Crippen LogP contribution is 2.36. The summed E-state index contributed by atoms with van der Waals surface area (Å²) in [6.45, 7) is 8.01. The maximum Gasteiger partial charge on any atom is 0.494 e. The maximum atomic E-state index is 11.3. The van der Waals surface area contributed by atoms with Gasteiger partial charge >= 0.3 is 7.12 Å². The number of benzene rings is 1. The molecule has 21 heavy (non-hydrogen) atoms. The molecule has 0 atom stereocenters. The predicted molar refractivity (Wildman–Crippen MR) is 81.0 cm³/mol. The molecule has 1 saturated heterocycles. The molecule has 0 unspecified atom stereocenters. The number of nitriles is 1. The number of amides is 1. The summed E-state index contributed by atoms with van der Waals surface area (Å²) in [6, 6.07) is 9.06. The van der Waals surface area contributed by atoms with Crippen molar-refractivity contribution in [3.05, 3.63) is 24.3 Å². The first-order valence-corrected chi connectivity index (χ1v) is 6.87. The van der Waals surface area contributed by atoms with E-state index >= 15 is 0 Å². The molecule has 0 aliphatic carbocycles. The Bertz CT molecular complexity index is 560. The van der Waals surface area contributed by atoms with E-state index < -0.39 is 7.12 Å². The van der Waals surface area contributed by atoms with Crippen LogP contribution in [0.2, 0.25) is 0 Å². The van der Waals surface area contributed by atoms with E-state index in [4.69, 9.17) is 14.6 Å². The molecule has 1 aromatic carbocycles. The van der Waals surface area contributed by atoms with Crippen LogP contribution in [0.25, 0.3) is 0 Å². The molecule has 1 aromatic rings. The summed E-state index contributed by atoms with van der Waals surface area (Å²) in [5, 5.41) is 11.1. The number of nitrogens with zero attached hydrogens (tertiary/aromatic N) is 1. The standard InChI is InChI=1S/C15H19BN2O3/c1-14(2)15(3,4)21-16(20-14)11-5-7-12(8-6-11)18-13(19)9-10-17/h5-8H,9H2,1-4H3,(H,18,19).